The van der Waals surface area contributed by atoms with Crippen LogP contribution in [-0.2, 0) is 11.2 Å². The largest absolute Gasteiger partial charge is 0.394 e. The lowest BCUT2D eigenvalue weighted by molar-refractivity contribution is -0.126. The van der Waals surface area contributed by atoms with Gasteiger partial charge >= 0.3 is 0 Å². The van der Waals surface area contributed by atoms with Crippen molar-refractivity contribution < 1.29 is 14.7 Å². The fraction of sp³-hybridized carbons (Fsp3) is 0.364. The molecule has 0 spiro atoms. The molecule has 1 aliphatic heterocycles. The predicted molar refractivity (Wildman–Crippen MR) is 111 cm³/mol. The molecular formula is C22H25ClN2O3. The van der Waals surface area contributed by atoms with E-state index in [1.807, 2.05) is 48.5 Å². The van der Waals surface area contributed by atoms with Crippen LogP contribution in [0.25, 0.3) is 0 Å². The van der Waals surface area contributed by atoms with Crippen LogP contribution < -0.4 is 10.2 Å². The van der Waals surface area contributed by atoms with Gasteiger partial charge < -0.3 is 15.3 Å². The number of carbonyl (C=O) groups is 2. The summed E-state index contributed by atoms with van der Waals surface area (Å²) in [6.45, 7) is 1.48. The van der Waals surface area contributed by atoms with E-state index in [1.165, 1.54) is 0 Å². The number of rotatable bonds is 7. The molecule has 1 aliphatic rings. The van der Waals surface area contributed by atoms with Gasteiger partial charge in [0.25, 0.3) is 0 Å². The number of aliphatic hydroxyl groups excluding tert-OH is 1. The molecule has 0 radical (unpaired) electrons. The standard InChI is InChI=1S/C22H25ClN2O3/c23-19-5-1-16(2-6-19)13-20(15-27)24-22(28)18-9-11-25(12-10-18)21-7-3-17(14-26)4-8-21/h1-8,14,18,20,27H,9-13,15H2,(H,24,28)/t20-/m0/s1. The second kappa shape index (κ2) is 9.71. The lowest BCUT2D eigenvalue weighted by Crippen LogP contribution is -2.45. The first-order valence-corrected chi connectivity index (χ1v) is 9.92. The number of nitrogens with one attached hydrogen (secondary N) is 1. The maximum absolute atomic E-state index is 12.6. The Morgan fingerprint density at radius 2 is 1.79 bits per heavy atom. The molecule has 0 aliphatic carbocycles. The van der Waals surface area contributed by atoms with E-state index in [4.69, 9.17) is 11.6 Å². The molecule has 28 heavy (non-hydrogen) atoms. The molecule has 1 heterocycles. The van der Waals surface area contributed by atoms with Crippen molar-refractivity contribution in [3.8, 4) is 0 Å². The van der Waals surface area contributed by atoms with E-state index in [1.54, 1.807) is 0 Å². The number of benzene rings is 2. The lowest BCUT2D eigenvalue weighted by atomic mass is 9.94. The first kappa shape index (κ1) is 20.4. The molecular weight excluding hydrogens is 376 g/mol. The summed E-state index contributed by atoms with van der Waals surface area (Å²) in [6.07, 6.45) is 2.93. The van der Waals surface area contributed by atoms with Crippen LogP contribution in [0, 0.1) is 5.92 Å². The zero-order chi connectivity index (χ0) is 19.9. The molecule has 2 N–H and O–H groups in total. The van der Waals surface area contributed by atoms with Crippen LogP contribution >= 0.6 is 11.6 Å². The summed E-state index contributed by atoms with van der Waals surface area (Å²) in [6, 6.07) is 14.6. The third-order valence-corrected chi connectivity index (χ3v) is 5.47. The number of aliphatic hydroxyl groups is 1. The SMILES string of the molecule is O=Cc1ccc(N2CCC(C(=O)N[C@H](CO)Cc3ccc(Cl)cc3)CC2)cc1. The average molecular weight is 401 g/mol. The smallest absolute Gasteiger partial charge is 0.223 e. The number of amides is 1. The first-order valence-electron chi connectivity index (χ1n) is 9.55. The topological polar surface area (TPSA) is 69.6 Å². The molecule has 6 heteroatoms. The fourth-order valence-electron chi connectivity index (χ4n) is 3.55. The minimum atomic E-state index is -0.303. The van der Waals surface area contributed by atoms with Crippen LogP contribution in [-0.4, -0.2) is 43.0 Å². The molecule has 1 amide bonds. The number of anilines is 1. The number of carbonyl (C=O) groups excluding carboxylic acids is 2. The van der Waals surface area contributed by atoms with Crippen molar-refractivity contribution in [2.75, 3.05) is 24.6 Å². The maximum atomic E-state index is 12.6. The lowest BCUT2D eigenvalue weighted by Gasteiger charge is -2.33. The Labute approximate surface area is 170 Å². The Morgan fingerprint density at radius 1 is 1.14 bits per heavy atom. The van der Waals surface area contributed by atoms with Gasteiger partial charge in [-0.15, -0.1) is 0 Å². The molecule has 2 aromatic rings. The fourth-order valence-corrected chi connectivity index (χ4v) is 3.67. The van der Waals surface area contributed by atoms with Crippen molar-refractivity contribution in [1.29, 1.82) is 0 Å². The van der Waals surface area contributed by atoms with Crippen molar-refractivity contribution in [1.82, 2.24) is 5.32 Å². The van der Waals surface area contributed by atoms with Crippen molar-refractivity contribution >= 4 is 29.5 Å². The van der Waals surface area contributed by atoms with Gasteiger partial charge in [0.05, 0.1) is 12.6 Å². The zero-order valence-corrected chi connectivity index (χ0v) is 16.4. The van der Waals surface area contributed by atoms with E-state index < -0.39 is 0 Å². The summed E-state index contributed by atoms with van der Waals surface area (Å²) in [7, 11) is 0. The van der Waals surface area contributed by atoms with Gasteiger partial charge in [0.15, 0.2) is 0 Å². The number of halogens is 1. The minimum Gasteiger partial charge on any atom is -0.394 e. The highest BCUT2D eigenvalue weighted by Crippen LogP contribution is 2.24. The van der Waals surface area contributed by atoms with Crippen LogP contribution in [0.5, 0.6) is 0 Å². The third-order valence-electron chi connectivity index (χ3n) is 5.22. The molecule has 3 rings (SSSR count). The van der Waals surface area contributed by atoms with Gasteiger partial charge in [-0.2, -0.15) is 0 Å². The summed E-state index contributed by atoms with van der Waals surface area (Å²) in [5.74, 6) is -0.0475. The minimum absolute atomic E-state index is 0.00367. The third kappa shape index (κ3) is 5.33. The molecule has 1 saturated heterocycles. The van der Waals surface area contributed by atoms with Gasteiger partial charge in [0.1, 0.15) is 6.29 Å². The molecule has 0 unspecified atom stereocenters. The number of piperidine rings is 1. The zero-order valence-electron chi connectivity index (χ0n) is 15.7. The summed E-state index contributed by atoms with van der Waals surface area (Å²) < 4.78 is 0. The van der Waals surface area contributed by atoms with Crippen molar-refractivity contribution in [2.24, 2.45) is 5.92 Å². The van der Waals surface area contributed by atoms with E-state index in [0.29, 0.717) is 17.0 Å². The van der Waals surface area contributed by atoms with Gasteiger partial charge in [-0.05, 0) is 61.2 Å². The maximum Gasteiger partial charge on any atom is 0.223 e. The van der Waals surface area contributed by atoms with Crippen molar-refractivity contribution in [3.63, 3.8) is 0 Å². The highest BCUT2D eigenvalue weighted by molar-refractivity contribution is 6.30. The highest BCUT2D eigenvalue weighted by Gasteiger charge is 2.26. The monoisotopic (exact) mass is 400 g/mol. The second-order valence-corrected chi connectivity index (χ2v) is 7.63. The Hall–Kier alpha value is -2.37. The van der Waals surface area contributed by atoms with Gasteiger partial charge in [0.2, 0.25) is 5.91 Å². The van der Waals surface area contributed by atoms with Crippen LogP contribution in [0.3, 0.4) is 0 Å². The van der Waals surface area contributed by atoms with Gasteiger partial charge in [-0.3, -0.25) is 9.59 Å². The van der Waals surface area contributed by atoms with Crippen LogP contribution in [0.15, 0.2) is 48.5 Å². The van der Waals surface area contributed by atoms with Crippen LogP contribution in [0.1, 0.15) is 28.8 Å². The Kier molecular flexibility index (Phi) is 7.06. The van der Waals surface area contributed by atoms with Crippen LogP contribution in [0.4, 0.5) is 5.69 Å². The second-order valence-electron chi connectivity index (χ2n) is 7.19. The highest BCUT2D eigenvalue weighted by atomic mass is 35.5. The summed E-state index contributed by atoms with van der Waals surface area (Å²) in [5, 5.41) is 13.3. The molecule has 2 aromatic carbocycles. The van der Waals surface area contributed by atoms with Crippen molar-refractivity contribution in [2.45, 2.75) is 25.3 Å². The Balaban J connectivity index is 1.50. The molecule has 1 fully saturated rings. The quantitative estimate of drug-likeness (QED) is 0.701. The number of aldehydes is 1. The molecule has 148 valence electrons. The van der Waals surface area contributed by atoms with Gasteiger partial charge in [0, 0.05) is 35.3 Å². The molecule has 0 aromatic heterocycles. The summed E-state index contributed by atoms with van der Waals surface area (Å²) in [4.78, 5) is 25.6. The molecule has 0 saturated carbocycles. The summed E-state index contributed by atoms with van der Waals surface area (Å²) in [5.41, 5.74) is 2.76. The Morgan fingerprint density at radius 3 is 2.36 bits per heavy atom. The van der Waals surface area contributed by atoms with Gasteiger partial charge in [-0.1, -0.05) is 23.7 Å². The number of hydrogen-bond donors (Lipinski definition) is 2. The first-order chi connectivity index (χ1) is 13.6. The van der Waals surface area contributed by atoms with Crippen LogP contribution in [0.2, 0.25) is 5.02 Å². The van der Waals surface area contributed by atoms with Gasteiger partial charge in [-0.25, -0.2) is 0 Å². The van der Waals surface area contributed by atoms with E-state index >= 15 is 0 Å². The van der Waals surface area contributed by atoms with E-state index in [2.05, 4.69) is 10.2 Å². The number of nitrogens with zero attached hydrogens (tertiary/aromatic N) is 1. The normalized spacial score (nSPS) is 15.9. The Bertz CT molecular complexity index is 784. The molecule has 0 bridgehead atoms. The predicted octanol–water partition coefficient (Wildman–Crippen LogP) is 3.09. The van der Waals surface area contributed by atoms with Crippen molar-refractivity contribution in [3.05, 3.63) is 64.7 Å². The van der Waals surface area contributed by atoms with E-state index in [9.17, 15) is 14.7 Å². The average Bonchev–Trinajstić information content (AvgIpc) is 2.75. The molecule has 1 atom stereocenters. The van der Waals surface area contributed by atoms with E-state index in [-0.39, 0.29) is 24.5 Å². The summed E-state index contributed by atoms with van der Waals surface area (Å²) >= 11 is 5.90. The molecule has 5 nitrogen and oxygen atoms in total. The number of hydrogen-bond acceptors (Lipinski definition) is 4. The van der Waals surface area contributed by atoms with E-state index in [0.717, 1.165) is 43.5 Å².